The van der Waals surface area contributed by atoms with E-state index in [1.165, 1.54) is 6.07 Å². The van der Waals surface area contributed by atoms with Crippen molar-refractivity contribution in [2.45, 2.75) is 25.7 Å². The van der Waals surface area contributed by atoms with Gasteiger partial charge in [-0.2, -0.15) is 0 Å². The lowest BCUT2D eigenvalue weighted by atomic mass is 9.93. The van der Waals surface area contributed by atoms with Crippen molar-refractivity contribution >= 4 is 11.8 Å². The van der Waals surface area contributed by atoms with Gasteiger partial charge in [-0.1, -0.05) is 11.2 Å². The van der Waals surface area contributed by atoms with E-state index in [1.54, 1.807) is 30.0 Å². The van der Waals surface area contributed by atoms with Crippen LogP contribution >= 0.6 is 0 Å². The minimum absolute atomic E-state index is 0.128. The summed E-state index contributed by atoms with van der Waals surface area (Å²) in [5, 5.41) is 3.94. The number of carbonyl (C=O) groups is 1. The number of hydrogen-bond acceptors (Lipinski definition) is 4. The molecule has 1 aromatic heterocycles. The van der Waals surface area contributed by atoms with E-state index in [2.05, 4.69) is 5.16 Å². The summed E-state index contributed by atoms with van der Waals surface area (Å²) in [6.07, 6.45) is 1.60. The van der Waals surface area contributed by atoms with Crippen molar-refractivity contribution in [1.82, 2.24) is 10.1 Å². The van der Waals surface area contributed by atoms with E-state index < -0.39 is 0 Å². The highest BCUT2D eigenvalue weighted by molar-refractivity contribution is 5.94. The molecule has 1 aromatic carbocycles. The van der Waals surface area contributed by atoms with E-state index in [-0.39, 0.29) is 17.6 Å². The summed E-state index contributed by atoms with van der Waals surface area (Å²) >= 11 is 0. The van der Waals surface area contributed by atoms with E-state index in [0.717, 1.165) is 18.5 Å². The molecule has 0 saturated carbocycles. The smallest absolute Gasteiger partial charge is 0.253 e. The Labute approximate surface area is 127 Å². The summed E-state index contributed by atoms with van der Waals surface area (Å²) in [6.45, 7) is 2.91. The van der Waals surface area contributed by atoms with Crippen molar-refractivity contribution in [2.75, 3.05) is 18.8 Å². The number of benzene rings is 1. The lowest BCUT2D eigenvalue weighted by Gasteiger charge is -2.31. The van der Waals surface area contributed by atoms with Gasteiger partial charge in [0.2, 0.25) is 5.88 Å². The molecule has 2 N–H and O–H groups in total. The fraction of sp³-hybridized carbons (Fsp3) is 0.375. The second kappa shape index (κ2) is 5.79. The van der Waals surface area contributed by atoms with Crippen LogP contribution in [0.2, 0.25) is 0 Å². The summed E-state index contributed by atoms with van der Waals surface area (Å²) in [4.78, 5) is 14.2. The molecular weight excluding hydrogens is 285 g/mol. The number of nitrogens with zero attached hydrogens (tertiary/aromatic N) is 2. The molecule has 2 aromatic rings. The molecule has 1 fully saturated rings. The molecule has 3 rings (SSSR count). The predicted molar refractivity (Wildman–Crippen MR) is 79.9 cm³/mol. The Kier molecular flexibility index (Phi) is 3.83. The molecule has 22 heavy (non-hydrogen) atoms. The Bertz CT molecular complexity index is 690. The van der Waals surface area contributed by atoms with Gasteiger partial charge in [0, 0.05) is 30.6 Å². The molecule has 0 aliphatic carbocycles. The van der Waals surface area contributed by atoms with Crippen LogP contribution in [0, 0.1) is 12.7 Å². The van der Waals surface area contributed by atoms with Crippen LogP contribution < -0.4 is 5.73 Å². The third kappa shape index (κ3) is 2.81. The topological polar surface area (TPSA) is 72.4 Å². The van der Waals surface area contributed by atoms with Crippen LogP contribution in [0.4, 0.5) is 10.3 Å². The quantitative estimate of drug-likeness (QED) is 0.926. The third-order valence-electron chi connectivity index (χ3n) is 4.17. The summed E-state index contributed by atoms with van der Waals surface area (Å²) < 4.78 is 18.5. The molecule has 1 amide bonds. The van der Waals surface area contributed by atoms with Crippen LogP contribution in [-0.2, 0) is 0 Å². The fourth-order valence-electron chi connectivity index (χ4n) is 2.78. The Balaban J connectivity index is 1.65. The zero-order valence-corrected chi connectivity index (χ0v) is 12.4. The molecule has 0 atom stereocenters. The van der Waals surface area contributed by atoms with Crippen molar-refractivity contribution < 1.29 is 13.7 Å². The predicted octanol–water partition coefficient (Wildman–Crippen LogP) is 2.72. The maximum absolute atomic E-state index is 13.6. The van der Waals surface area contributed by atoms with Gasteiger partial charge in [-0.3, -0.25) is 4.79 Å². The minimum Gasteiger partial charge on any atom is -0.368 e. The van der Waals surface area contributed by atoms with Gasteiger partial charge in [-0.25, -0.2) is 4.39 Å². The SMILES string of the molecule is Cc1ccc(C(=O)N2CCC(c3cc(N)on3)CC2)cc1F. The number of anilines is 1. The molecule has 1 saturated heterocycles. The number of piperidine rings is 1. The summed E-state index contributed by atoms with van der Waals surface area (Å²) in [7, 11) is 0. The van der Waals surface area contributed by atoms with E-state index in [1.807, 2.05) is 0 Å². The lowest BCUT2D eigenvalue weighted by Crippen LogP contribution is -2.38. The maximum atomic E-state index is 13.6. The summed E-state index contributed by atoms with van der Waals surface area (Å²) in [5.41, 5.74) is 7.31. The first-order chi connectivity index (χ1) is 10.5. The van der Waals surface area contributed by atoms with Crippen molar-refractivity contribution in [2.24, 2.45) is 0 Å². The van der Waals surface area contributed by atoms with E-state index >= 15 is 0 Å². The maximum Gasteiger partial charge on any atom is 0.253 e. The van der Waals surface area contributed by atoms with Gasteiger partial charge in [0.05, 0.1) is 5.69 Å². The molecule has 5 nitrogen and oxygen atoms in total. The van der Waals surface area contributed by atoms with Crippen LogP contribution in [-0.4, -0.2) is 29.1 Å². The second-order valence-electron chi connectivity index (χ2n) is 5.68. The Morgan fingerprint density at radius 3 is 2.68 bits per heavy atom. The van der Waals surface area contributed by atoms with Crippen molar-refractivity contribution in [1.29, 1.82) is 0 Å². The van der Waals surface area contributed by atoms with E-state index in [4.69, 9.17) is 10.3 Å². The van der Waals surface area contributed by atoms with Gasteiger partial charge in [0.25, 0.3) is 5.91 Å². The van der Waals surface area contributed by atoms with E-state index in [9.17, 15) is 9.18 Å². The molecule has 2 heterocycles. The first kappa shape index (κ1) is 14.6. The van der Waals surface area contributed by atoms with Crippen molar-refractivity contribution in [3.05, 3.63) is 46.9 Å². The standard InChI is InChI=1S/C16H18FN3O2/c1-10-2-3-12(8-13(10)17)16(21)20-6-4-11(5-7-20)14-9-15(18)22-19-14/h2-3,8-9,11H,4-7,18H2,1H3. The van der Waals surface area contributed by atoms with Gasteiger partial charge in [-0.05, 0) is 37.5 Å². The van der Waals surface area contributed by atoms with Gasteiger partial charge >= 0.3 is 0 Å². The Morgan fingerprint density at radius 1 is 1.36 bits per heavy atom. The minimum atomic E-state index is -0.348. The number of aromatic nitrogens is 1. The van der Waals surface area contributed by atoms with Crippen LogP contribution in [0.1, 0.15) is 40.4 Å². The molecule has 6 heteroatoms. The number of nitrogens with two attached hydrogens (primary N) is 1. The molecular formula is C16H18FN3O2. The summed E-state index contributed by atoms with van der Waals surface area (Å²) in [6, 6.07) is 6.35. The van der Waals surface area contributed by atoms with Crippen LogP contribution in [0.25, 0.3) is 0 Å². The number of amides is 1. The highest BCUT2D eigenvalue weighted by Gasteiger charge is 2.26. The largest absolute Gasteiger partial charge is 0.368 e. The number of nitrogen functional groups attached to an aromatic ring is 1. The molecule has 0 bridgehead atoms. The summed E-state index contributed by atoms with van der Waals surface area (Å²) in [5.74, 6) is 0.0827. The Hall–Kier alpha value is -2.37. The average Bonchev–Trinajstić information content (AvgIpc) is 2.96. The number of halogens is 1. The number of hydrogen-bond donors (Lipinski definition) is 1. The zero-order valence-electron chi connectivity index (χ0n) is 12.4. The number of carbonyl (C=O) groups excluding carboxylic acids is 1. The number of likely N-dealkylation sites (tertiary alicyclic amines) is 1. The molecule has 0 spiro atoms. The van der Waals surface area contributed by atoms with Gasteiger partial charge in [0.1, 0.15) is 5.82 Å². The van der Waals surface area contributed by atoms with Crippen molar-refractivity contribution in [3.63, 3.8) is 0 Å². The van der Waals surface area contributed by atoms with Crippen LogP contribution in [0.5, 0.6) is 0 Å². The number of rotatable bonds is 2. The highest BCUT2D eigenvalue weighted by atomic mass is 19.1. The fourth-order valence-corrected chi connectivity index (χ4v) is 2.78. The number of aryl methyl sites for hydroxylation is 1. The first-order valence-corrected chi connectivity index (χ1v) is 7.32. The first-order valence-electron chi connectivity index (χ1n) is 7.32. The molecule has 116 valence electrons. The molecule has 1 aliphatic heterocycles. The van der Waals surface area contributed by atoms with Gasteiger partial charge in [0.15, 0.2) is 0 Å². The monoisotopic (exact) mass is 303 g/mol. The molecule has 0 unspecified atom stereocenters. The normalized spacial score (nSPS) is 16.0. The second-order valence-corrected chi connectivity index (χ2v) is 5.68. The average molecular weight is 303 g/mol. The van der Waals surface area contributed by atoms with Gasteiger partial charge < -0.3 is 15.2 Å². The van der Waals surface area contributed by atoms with E-state index in [0.29, 0.717) is 30.1 Å². The van der Waals surface area contributed by atoms with Crippen molar-refractivity contribution in [3.8, 4) is 0 Å². The lowest BCUT2D eigenvalue weighted by molar-refractivity contribution is 0.0711. The Morgan fingerprint density at radius 2 is 2.09 bits per heavy atom. The van der Waals surface area contributed by atoms with Gasteiger partial charge in [-0.15, -0.1) is 0 Å². The zero-order chi connectivity index (χ0) is 15.7. The van der Waals surface area contributed by atoms with Crippen LogP contribution in [0.3, 0.4) is 0 Å². The molecule has 1 aliphatic rings. The third-order valence-corrected chi connectivity index (χ3v) is 4.17. The highest BCUT2D eigenvalue weighted by Crippen LogP contribution is 2.28. The van der Waals surface area contributed by atoms with Crippen LogP contribution in [0.15, 0.2) is 28.8 Å². The molecule has 0 radical (unpaired) electrons.